The summed E-state index contributed by atoms with van der Waals surface area (Å²) in [6.07, 6.45) is 3.16. The van der Waals surface area contributed by atoms with Crippen LogP contribution in [0.15, 0.2) is 0 Å². The molecule has 0 rings (SSSR count). The lowest BCUT2D eigenvalue weighted by atomic mass is 10.1. The van der Waals surface area contributed by atoms with Crippen molar-refractivity contribution in [1.82, 2.24) is 0 Å². The van der Waals surface area contributed by atoms with Gasteiger partial charge in [0.1, 0.15) is 5.60 Å². The Balaban J connectivity index is 4.13. The van der Waals surface area contributed by atoms with Gasteiger partial charge < -0.3 is 9.22 Å². The highest BCUT2D eigenvalue weighted by Crippen LogP contribution is 2.14. The minimum absolute atomic E-state index is 0.0899. The van der Waals surface area contributed by atoms with Crippen LogP contribution in [0.3, 0.4) is 0 Å². The van der Waals surface area contributed by atoms with Crippen molar-refractivity contribution in [3.05, 3.63) is 0 Å². The number of nitrogens with zero attached hydrogens (tertiary/aromatic N) is 1. The molecule has 0 aromatic heterocycles. The van der Waals surface area contributed by atoms with Crippen LogP contribution in [0.1, 0.15) is 47.0 Å². The molecular formula is C13H28NO2+. The maximum absolute atomic E-state index is 11.8. The molecule has 0 fully saturated rings. The Morgan fingerprint density at radius 1 is 1.25 bits per heavy atom. The molecule has 0 N–H and O–H groups in total. The van der Waals surface area contributed by atoms with Gasteiger partial charge in [0.25, 0.3) is 0 Å². The number of carbonyl (C=O) groups is 1. The highest BCUT2D eigenvalue weighted by atomic mass is 16.6. The van der Waals surface area contributed by atoms with Crippen LogP contribution in [0.4, 0.5) is 0 Å². The quantitative estimate of drug-likeness (QED) is 0.496. The normalized spacial score (nSPS) is 12.6. The maximum Gasteiger partial charge on any atom is 0.362 e. The standard InChI is InChI=1S/C13H28NO2/c1-7-9-10-14(5,6)11-12(15)16-13(3,4)8-2/h7-11H2,1-6H3/q+1. The fourth-order valence-corrected chi connectivity index (χ4v) is 1.43. The second-order valence-corrected chi connectivity index (χ2v) is 5.76. The number of quaternary nitrogens is 1. The Hall–Kier alpha value is -0.570. The minimum Gasteiger partial charge on any atom is -0.456 e. The molecule has 0 aliphatic carbocycles. The van der Waals surface area contributed by atoms with Crippen LogP contribution in [-0.2, 0) is 9.53 Å². The van der Waals surface area contributed by atoms with Crippen LogP contribution >= 0.6 is 0 Å². The zero-order chi connectivity index (χ0) is 12.8. The Bertz CT molecular complexity index is 222. The molecule has 96 valence electrons. The summed E-state index contributed by atoms with van der Waals surface area (Å²) < 4.78 is 6.16. The van der Waals surface area contributed by atoms with Gasteiger partial charge in [-0.1, -0.05) is 20.3 Å². The molecule has 0 radical (unpaired) electrons. The fraction of sp³-hybridized carbons (Fsp3) is 0.923. The maximum atomic E-state index is 11.8. The number of ether oxygens (including phenoxy) is 1. The first-order chi connectivity index (χ1) is 7.22. The molecule has 0 atom stereocenters. The zero-order valence-corrected chi connectivity index (χ0v) is 11.8. The van der Waals surface area contributed by atoms with E-state index in [1.165, 1.54) is 0 Å². The second-order valence-electron chi connectivity index (χ2n) is 5.76. The number of carbonyl (C=O) groups excluding carboxylic acids is 1. The zero-order valence-electron chi connectivity index (χ0n) is 11.8. The first kappa shape index (κ1) is 15.4. The largest absolute Gasteiger partial charge is 0.456 e. The van der Waals surface area contributed by atoms with Crippen LogP contribution in [0, 0.1) is 0 Å². The van der Waals surface area contributed by atoms with Gasteiger partial charge in [-0.25, -0.2) is 4.79 Å². The molecule has 0 aliphatic rings. The van der Waals surface area contributed by atoms with E-state index in [4.69, 9.17) is 4.74 Å². The van der Waals surface area contributed by atoms with Gasteiger partial charge in [0, 0.05) is 0 Å². The van der Waals surface area contributed by atoms with Crippen molar-refractivity contribution < 1.29 is 14.0 Å². The Labute approximate surface area is 100 Å². The van der Waals surface area contributed by atoms with Crippen molar-refractivity contribution in [2.45, 2.75) is 52.6 Å². The van der Waals surface area contributed by atoms with E-state index in [0.717, 1.165) is 25.8 Å². The summed E-state index contributed by atoms with van der Waals surface area (Å²) >= 11 is 0. The average molecular weight is 230 g/mol. The first-order valence-corrected chi connectivity index (χ1v) is 6.26. The van der Waals surface area contributed by atoms with Gasteiger partial charge in [0.2, 0.25) is 0 Å². The van der Waals surface area contributed by atoms with Crippen LogP contribution < -0.4 is 0 Å². The fourth-order valence-electron chi connectivity index (χ4n) is 1.43. The molecule has 16 heavy (non-hydrogen) atoms. The molecule has 0 spiro atoms. The minimum atomic E-state index is -0.332. The van der Waals surface area contributed by atoms with E-state index in [9.17, 15) is 4.79 Å². The van der Waals surface area contributed by atoms with Gasteiger partial charge >= 0.3 is 5.97 Å². The lowest BCUT2D eigenvalue weighted by Crippen LogP contribution is -2.46. The predicted octanol–water partition coefficient (Wildman–Crippen LogP) is 2.59. The number of rotatable bonds is 7. The highest BCUT2D eigenvalue weighted by Gasteiger charge is 2.26. The van der Waals surface area contributed by atoms with E-state index in [1.54, 1.807) is 0 Å². The van der Waals surface area contributed by atoms with E-state index in [1.807, 2.05) is 20.8 Å². The molecule has 0 aromatic rings. The molecule has 3 heteroatoms. The van der Waals surface area contributed by atoms with E-state index in [-0.39, 0.29) is 11.6 Å². The third-order valence-corrected chi connectivity index (χ3v) is 2.92. The van der Waals surface area contributed by atoms with E-state index >= 15 is 0 Å². The summed E-state index contributed by atoms with van der Waals surface area (Å²) in [5.74, 6) is -0.0899. The molecule has 0 amide bonds. The molecule has 0 saturated heterocycles. The predicted molar refractivity (Wildman–Crippen MR) is 67.2 cm³/mol. The number of unbranched alkanes of at least 4 members (excludes halogenated alkanes) is 1. The summed E-state index contributed by atoms with van der Waals surface area (Å²) in [5.41, 5.74) is -0.332. The van der Waals surface area contributed by atoms with Gasteiger partial charge in [0.15, 0.2) is 6.54 Å². The van der Waals surface area contributed by atoms with Crippen LogP contribution in [0.25, 0.3) is 0 Å². The third kappa shape index (κ3) is 6.83. The Morgan fingerprint density at radius 2 is 1.81 bits per heavy atom. The van der Waals surface area contributed by atoms with E-state index in [2.05, 4.69) is 21.0 Å². The summed E-state index contributed by atoms with van der Waals surface area (Å²) in [6, 6.07) is 0. The summed E-state index contributed by atoms with van der Waals surface area (Å²) in [7, 11) is 4.16. The Kier molecular flexibility index (Phi) is 6.01. The number of likely N-dealkylation sites (N-methyl/N-ethyl adjacent to an activating group) is 1. The molecule has 0 unspecified atom stereocenters. The van der Waals surface area contributed by atoms with Crippen LogP contribution in [0.2, 0.25) is 0 Å². The average Bonchev–Trinajstić information content (AvgIpc) is 2.13. The van der Waals surface area contributed by atoms with Gasteiger partial charge in [0.05, 0.1) is 20.6 Å². The van der Waals surface area contributed by atoms with Gasteiger partial charge in [-0.2, -0.15) is 0 Å². The van der Waals surface area contributed by atoms with E-state index in [0.29, 0.717) is 11.0 Å². The number of hydrogen-bond donors (Lipinski definition) is 0. The summed E-state index contributed by atoms with van der Waals surface area (Å²) in [5, 5.41) is 0. The topological polar surface area (TPSA) is 26.3 Å². The lowest BCUT2D eigenvalue weighted by Gasteiger charge is -2.31. The van der Waals surface area contributed by atoms with Crippen molar-refractivity contribution >= 4 is 5.97 Å². The van der Waals surface area contributed by atoms with Gasteiger partial charge in [-0.3, -0.25) is 0 Å². The Morgan fingerprint density at radius 3 is 2.25 bits per heavy atom. The van der Waals surface area contributed by atoms with E-state index < -0.39 is 0 Å². The number of esters is 1. The third-order valence-electron chi connectivity index (χ3n) is 2.92. The van der Waals surface area contributed by atoms with Crippen LogP contribution in [-0.4, -0.2) is 43.2 Å². The molecule has 0 aliphatic heterocycles. The first-order valence-electron chi connectivity index (χ1n) is 6.26. The van der Waals surface area contributed by atoms with Crippen molar-refractivity contribution in [3.63, 3.8) is 0 Å². The second kappa shape index (κ2) is 6.24. The molecular weight excluding hydrogens is 202 g/mol. The molecule has 0 heterocycles. The monoisotopic (exact) mass is 230 g/mol. The number of hydrogen-bond acceptors (Lipinski definition) is 2. The van der Waals surface area contributed by atoms with Crippen LogP contribution in [0.5, 0.6) is 0 Å². The van der Waals surface area contributed by atoms with Crippen molar-refractivity contribution in [1.29, 1.82) is 0 Å². The summed E-state index contributed by atoms with van der Waals surface area (Å²) in [4.78, 5) is 11.8. The SMILES string of the molecule is CCCC[N+](C)(C)CC(=O)OC(C)(C)CC. The van der Waals surface area contributed by atoms with Crippen molar-refractivity contribution in [3.8, 4) is 0 Å². The van der Waals surface area contributed by atoms with Gasteiger partial charge in [-0.05, 0) is 26.7 Å². The molecule has 0 bridgehead atoms. The lowest BCUT2D eigenvalue weighted by molar-refractivity contribution is -0.883. The highest BCUT2D eigenvalue weighted by molar-refractivity contribution is 5.71. The molecule has 3 nitrogen and oxygen atoms in total. The van der Waals surface area contributed by atoms with Crippen molar-refractivity contribution in [2.75, 3.05) is 27.2 Å². The van der Waals surface area contributed by atoms with Gasteiger partial charge in [-0.15, -0.1) is 0 Å². The smallest absolute Gasteiger partial charge is 0.362 e. The van der Waals surface area contributed by atoms with Crippen molar-refractivity contribution in [2.24, 2.45) is 0 Å². The summed E-state index contributed by atoms with van der Waals surface area (Å²) in [6.45, 7) is 9.60. The molecule has 0 aromatic carbocycles. The molecule has 0 saturated carbocycles.